The number of amides is 3. The van der Waals surface area contributed by atoms with Gasteiger partial charge in [0, 0.05) is 55.5 Å². The third-order valence-electron chi connectivity index (χ3n) is 6.02. The van der Waals surface area contributed by atoms with Gasteiger partial charge in [-0.1, -0.05) is 0 Å². The number of piperidine rings is 2. The van der Waals surface area contributed by atoms with Gasteiger partial charge in [0.05, 0.1) is 11.0 Å². The van der Waals surface area contributed by atoms with Crippen LogP contribution in [-0.4, -0.2) is 64.7 Å². The van der Waals surface area contributed by atoms with Crippen LogP contribution >= 0.6 is 15.9 Å². The fraction of sp³-hybridized carbons (Fsp3) is 0.579. The van der Waals surface area contributed by atoms with Gasteiger partial charge in [0.1, 0.15) is 0 Å². The highest BCUT2D eigenvalue weighted by Crippen LogP contribution is 2.40. The Hall–Kier alpha value is -1.96. The highest BCUT2D eigenvalue weighted by atomic mass is 79.9. The number of nitrogens with one attached hydrogen (secondary N) is 1. The Morgan fingerprint density at radius 1 is 1.19 bits per heavy atom. The Morgan fingerprint density at radius 2 is 1.96 bits per heavy atom. The van der Waals surface area contributed by atoms with Crippen molar-refractivity contribution in [2.45, 2.75) is 38.1 Å². The van der Waals surface area contributed by atoms with Gasteiger partial charge in [-0.3, -0.25) is 19.4 Å². The third-order valence-corrected chi connectivity index (χ3v) is 6.45. The fourth-order valence-corrected chi connectivity index (χ4v) is 4.97. The van der Waals surface area contributed by atoms with E-state index in [1.807, 2.05) is 4.90 Å². The van der Waals surface area contributed by atoms with Gasteiger partial charge in [-0.15, -0.1) is 0 Å². The van der Waals surface area contributed by atoms with E-state index >= 15 is 0 Å². The SMILES string of the molecule is O=C1CC[C@]2(C(=O)N3CCCC3)CN(C(=O)c3cncc(Br)c3)CC[C@H]2N1. The topological polar surface area (TPSA) is 82.6 Å². The first-order valence-electron chi connectivity index (χ1n) is 9.48. The zero-order valence-electron chi connectivity index (χ0n) is 15.1. The van der Waals surface area contributed by atoms with Crippen molar-refractivity contribution in [3.8, 4) is 0 Å². The van der Waals surface area contributed by atoms with Gasteiger partial charge in [-0.05, 0) is 47.7 Å². The number of carbonyl (C=O) groups excluding carboxylic acids is 3. The summed E-state index contributed by atoms with van der Waals surface area (Å²) in [6, 6.07) is 1.55. The average molecular weight is 435 g/mol. The predicted octanol–water partition coefficient (Wildman–Crippen LogP) is 1.58. The van der Waals surface area contributed by atoms with Gasteiger partial charge >= 0.3 is 0 Å². The van der Waals surface area contributed by atoms with Crippen LogP contribution in [0.1, 0.15) is 42.5 Å². The number of fused-ring (bicyclic) bond motifs is 1. The van der Waals surface area contributed by atoms with Crippen molar-refractivity contribution in [2.24, 2.45) is 5.41 Å². The molecule has 3 saturated heterocycles. The van der Waals surface area contributed by atoms with E-state index in [0.29, 0.717) is 37.9 Å². The van der Waals surface area contributed by atoms with Crippen LogP contribution < -0.4 is 5.32 Å². The minimum Gasteiger partial charge on any atom is -0.352 e. The molecule has 0 bridgehead atoms. The van der Waals surface area contributed by atoms with E-state index in [2.05, 4.69) is 26.2 Å². The summed E-state index contributed by atoms with van der Waals surface area (Å²) in [4.78, 5) is 46.2. The smallest absolute Gasteiger partial charge is 0.255 e. The number of halogens is 1. The summed E-state index contributed by atoms with van der Waals surface area (Å²) in [6.45, 7) is 2.40. The fourth-order valence-electron chi connectivity index (χ4n) is 4.60. The number of carbonyl (C=O) groups is 3. The standard InChI is InChI=1S/C19H23BrN4O3/c20-14-9-13(10-21-11-14)17(26)24-8-4-15-19(12-24,5-3-16(25)22-15)18(27)23-6-1-2-7-23/h9-11,15H,1-8,12H2,(H,22,25)/t15-,19+/m1/s1. The van der Waals surface area contributed by atoms with Crippen molar-refractivity contribution in [3.05, 3.63) is 28.5 Å². The van der Waals surface area contributed by atoms with Crippen LogP contribution in [0.15, 0.2) is 22.9 Å². The van der Waals surface area contributed by atoms with Crippen LogP contribution in [0.4, 0.5) is 0 Å². The van der Waals surface area contributed by atoms with E-state index in [9.17, 15) is 14.4 Å². The molecule has 7 nitrogen and oxygen atoms in total. The predicted molar refractivity (Wildman–Crippen MR) is 102 cm³/mol. The van der Waals surface area contributed by atoms with Crippen LogP contribution in [-0.2, 0) is 9.59 Å². The van der Waals surface area contributed by atoms with Crippen molar-refractivity contribution < 1.29 is 14.4 Å². The lowest BCUT2D eigenvalue weighted by Gasteiger charge is -2.50. The second kappa shape index (κ2) is 7.22. The summed E-state index contributed by atoms with van der Waals surface area (Å²) in [5, 5.41) is 3.03. The molecule has 2 atom stereocenters. The summed E-state index contributed by atoms with van der Waals surface area (Å²) in [5.41, 5.74) is -0.211. The van der Waals surface area contributed by atoms with Gasteiger partial charge in [-0.2, -0.15) is 0 Å². The largest absolute Gasteiger partial charge is 0.352 e. The lowest BCUT2D eigenvalue weighted by Crippen LogP contribution is -2.67. The molecule has 0 aromatic carbocycles. The second-order valence-corrected chi connectivity index (χ2v) is 8.60. The lowest BCUT2D eigenvalue weighted by molar-refractivity contribution is -0.151. The molecule has 8 heteroatoms. The molecule has 3 fully saturated rings. The normalized spacial score (nSPS) is 27.9. The van der Waals surface area contributed by atoms with Crippen LogP contribution in [0.25, 0.3) is 0 Å². The van der Waals surface area contributed by atoms with Crippen LogP contribution in [0.3, 0.4) is 0 Å². The second-order valence-electron chi connectivity index (χ2n) is 7.68. The highest BCUT2D eigenvalue weighted by Gasteiger charge is 2.54. The van der Waals surface area contributed by atoms with Gasteiger partial charge in [-0.25, -0.2) is 0 Å². The van der Waals surface area contributed by atoms with E-state index < -0.39 is 5.41 Å². The maximum Gasteiger partial charge on any atom is 0.255 e. The third kappa shape index (κ3) is 3.35. The van der Waals surface area contributed by atoms with Crippen LogP contribution in [0, 0.1) is 5.41 Å². The van der Waals surface area contributed by atoms with E-state index in [1.165, 1.54) is 0 Å². The molecule has 4 rings (SSSR count). The number of pyridine rings is 1. The van der Waals surface area contributed by atoms with Crippen LogP contribution in [0.5, 0.6) is 0 Å². The monoisotopic (exact) mass is 434 g/mol. The molecule has 1 N–H and O–H groups in total. The van der Waals surface area contributed by atoms with Crippen molar-refractivity contribution in [2.75, 3.05) is 26.2 Å². The summed E-state index contributed by atoms with van der Waals surface area (Å²) in [6.07, 6.45) is 6.65. The molecule has 1 aromatic heterocycles. The van der Waals surface area contributed by atoms with Crippen molar-refractivity contribution in [1.29, 1.82) is 0 Å². The summed E-state index contributed by atoms with van der Waals surface area (Å²) in [5.74, 6) is -0.0246. The van der Waals surface area contributed by atoms with E-state index in [1.54, 1.807) is 23.4 Å². The zero-order valence-corrected chi connectivity index (χ0v) is 16.7. The molecule has 0 aliphatic carbocycles. The maximum atomic E-state index is 13.4. The Morgan fingerprint density at radius 3 is 2.70 bits per heavy atom. The molecule has 3 aliphatic heterocycles. The molecule has 144 valence electrons. The Kier molecular flexibility index (Phi) is 4.92. The molecule has 0 saturated carbocycles. The highest BCUT2D eigenvalue weighted by molar-refractivity contribution is 9.10. The Balaban J connectivity index is 1.62. The Labute approximate surface area is 166 Å². The van der Waals surface area contributed by atoms with E-state index in [-0.39, 0.29) is 23.8 Å². The first kappa shape index (κ1) is 18.4. The number of likely N-dealkylation sites (tertiary alicyclic amines) is 2. The zero-order chi connectivity index (χ0) is 19.0. The van der Waals surface area contributed by atoms with Gasteiger partial charge in [0.2, 0.25) is 11.8 Å². The minimum atomic E-state index is -0.717. The molecular formula is C19H23BrN4O3. The molecule has 27 heavy (non-hydrogen) atoms. The first-order valence-corrected chi connectivity index (χ1v) is 10.3. The molecular weight excluding hydrogens is 412 g/mol. The van der Waals surface area contributed by atoms with Gasteiger partial charge in [0.25, 0.3) is 5.91 Å². The molecule has 3 aliphatic rings. The summed E-state index contributed by atoms with van der Waals surface area (Å²) < 4.78 is 0.746. The quantitative estimate of drug-likeness (QED) is 0.765. The molecule has 0 spiro atoms. The lowest BCUT2D eigenvalue weighted by atomic mass is 9.69. The Bertz CT molecular complexity index is 780. The number of hydrogen-bond acceptors (Lipinski definition) is 4. The molecule has 1 aromatic rings. The van der Waals surface area contributed by atoms with Crippen LogP contribution in [0.2, 0.25) is 0 Å². The summed E-state index contributed by atoms with van der Waals surface area (Å²) >= 11 is 3.35. The van der Waals surface area contributed by atoms with E-state index in [4.69, 9.17) is 0 Å². The van der Waals surface area contributed by atoms with Gasteiger partial charge < -0.3 is 15.1 Å². The van der Waals surface area contributed by atoms with Gasteiger partial charge in [0.15, 0.2) is 0 Å². The van der Waals surface area contributed by atoms with E-state index in [0.717, 1.165) is 30.4 Å². The number of rotatable bonds is 2. The number of nitrogens with zero attached hydrogens (tertiary/aromatic N) is 3. The van der Waals surface area contributed by atoms with Crippen molar-refractivity contribution in [1.82, 2.24) is 20.1 Å². The molecule has 0 unspecified atom stereocenters. The number of aromatic nitrogens is 1. The van der Waals surface area contributed by atoms with Crippen molar-refractivity contribution >= 4 is 33.7 Å². The van der Waals surface area contributed by atoms with Crippen molar-refractivity contribution in [3.63, 3.8) is 0 Å². The molecule has 4 heterocycles. The first-order chi connectivity index (χ1) is 13.0. The number of hydrogen-bond donors (Lipinski definition) is 1. The molecule has 0 radical (unpaired) electrons. The summed E-state index contributed by atoms with van der Waals surface area (Å²) in [7, 11) is 0. The maximum absolute atomic E-state index is 13.4. The minimum absolute atomic E-state index is 0.000753. The molecule has 3 amide bonds. The average Bonchev–Trinajstić information content (AvgIpc) is 3.21.